The topological polar surface area (TPSA) is 20.3 Å². The molecule has 0 aromatic heterocycles. The Balaban J connectivity index is 1.84. The molecular formula is C17H24BrNO. The first-order valence-corrected chi connectivity index (χ1v) is 8.36. The maximum atomic E-state index is 12.2. The fraction of sp³-hybridized carbons (Fsp3) is 0.588. The van der Waals surface area contributed by atoms with Gasteiger partial charge in [-0.05, 0) is 37.9 Å². The van der Waals surface area contributed by atoms with Gasteiger partial charge in [-0.15, -0.1) is 0 Å². The van der Waals surface area contributed by atoms with Gasteiger partial charge in [-0.3, -0.25) is 4.79 Å². The Kier molecular flexibility index (Phi) is 5.79. The van der Waals surface area contributed by atoms with Crippen molar-refractivity contribution in [2.24, 2.45) is 5.92 Å². The summed E-state index contributed by atoms with van der Waals surface area (Å²) in [5, 5.41) is 0. The first kappa shape index (κ1) is 15.7. The molecule has 0 amide bonds. The Morgan fingerprint density at radius 2 is 1.90 bits per heavy atom. The van der Waals surface area contributed by atoms with E-state index in [1.165, 1.54) is 25.7 Å². The molecule has 3 heteroatoms. The molecule has 0 heterocycles. The number of Topliss-reactive ketones (excluding diaryl/α,β-unsaturated/α-hetero) is 1. The van der Waals surface area contributed by atoms with E-state index in [0.717, 1.165) is 22.5 Å². The van der Waals surface area contributed by atoms with E-state index in [1.54, 1.807) is 0 Å². The third-order valence-electron chi connectivity index (χ3n) is 4.49. The lowest BCUT2D eigenvalue weighted by molar-refractivity contribution is 0.0928. The zero-order valence-electron chi connectivity index (χ0n) is 12.4. The highest BCUT2D eigenvalue weighted by molar-refractivity contribution is 9.10. The van der Waals surface area contributed by atoms with Gasteiger partial charge in [0.1, 0.15) is 0 Å². The average molecular weight is 338 g/mol. The summed E-state index contributed by atoms with van der Waals surface area (Å²) in [5.41, 5.74) is 0.818. The summed E-state index contributed by atoms with van der Waals surface area (Å²) in [6.07, 6.45) is 5.92. The molecule has 2 rings (SSSR count). The minimum atomic E-state index is 0.243. The Hall–Kier alpha value is -0.670. The zero-order valence-corrected chi connectivity index (χ0v) is 14.0. The lowest BCUT2D eigenvalue weighted by Crippen LogP contribution is -2.39. The summed E-state index contributed by atoms with van der Waals surface area (Å²) in [6.45, 7) is 3.21. The van der Waals surface area contributed by atoms with Crippen molar-refractivity contribution >= 4 is 21.7 Å². The van der Waals surface area contributed by atoms with Crippen molar-refractivity contribution in [2.75, 3.05) is 13.6 Å². The highest BCUT2D eigenvalue weighted by Gasteiger charge is 2.24. The van der Waals surface area contributed by atoms with E-state index in [4.69, 9.17) is 0 Å². The van der Waals surface area contributed by atoms with Gasteiger partial charge in [0.15, 0.2) is 5.78 Å². The molecule has 20 heavy (non-hydrogen) atoms. The largest absolute Gasteiger partial charge is 0.303 e. The molecule has 1 aromatic carbocycles. The maximum Gasteiger partial charge on any atom is 0.164 e. The van der Waals surface area contributed by atoms with Gasteiger partial charge in [-0.2, -0.15) is 0 Å². The van der Waals surface area contributed by atoms with Crippen molar-refractivity contribution in [3.8, 4) is 0 Å². The van der Waals surface area contributed by atoms with E-state index in [0.29, 0.717) is 12.5 Å². The Morgan fingerprint density at radius 1 is 1.25 bits per heavy atom. The SMILES string of the molecule is CC1CCCCC1N(C)CCC(=O)c1ccc(Br)cc1. The molecule has 110 valence electrons. The lowest BCUT2D eigenvalue weighted by Gasteiger charge is -2.36. The van der Waals surface area contributed by atoms with Crippen molar-refractivity contribution in [3.05, 3.63) is 34.3 Å². The second-order valence-corrected chi connectivity index (χ2v) is 6.91. The quantitative estimate of drug-likeness (QED) is 0.735. The highest BCUT2D eigenvalue weighted by atomic mass is 79.9. The number of rotatable bonds is 5. The number of hydrogen-bond acceptors (Lipinski definition) is 2. The molecule has 0 N–H and O–H groups in total. The summed E-state index contributed by atoms with van der Waals surface area (Å²) in [4.78, 5) is 14.6. The van der Waals surface area contributed by atoms with Gasteiger partial charge >= 0.3 is 0 Å². The molecule has 0 bridgehead atoms. The third-order valence-corrected chi connectivity index (χ3v) is 5.02. The zero-order chi connectivity index (χ0) is 14.5. The highest BCUT2D eigenvalue weighted by Crippen LogP contribution is 2.27. The third kappa shape index (κ3) is 4.16. The summed E-state index contributed by atoms with van der Waals surface area (Å²) in [5.74, 6) is 1.00. The number of nitrogens with zero attached hydrogens (tertiary/aromatic N) is 1. The van der Waals surface area contributed by atoms with Gasteiger partial charge in [0.2, 0.25) is 0 Å². The van der Waals surface area contributed by atoms with E-state index in [9.17, 15) is 4.79 Å². The van der Waals surface area contributed by atoms with E-state index in [1.807, 2.05) is 24.3 Å². The van der Waals surface area contributed by atoms with Gasteiger partial charge in [-0.25, -0.2) is 0 Å². The standard InChI is InChI=1S/C17H24BrNO/c1-13-5-3-4-6-16(13)19(2)12-11-17(20)14-7-9-15(18)10-8-14/h7-10,13,16H,3-6,11-12H2,1-2H3. The van der Waals surface area contributed by atoms with Crippen LogP contribution >= 0.6 is 15.9 Å². The summed E-state index contributed by atoms with van der Waals surface area (Å²) in [7, 11) is 2.17. The fourth-order valence-electron chi connectivity index (χ4n) is 3.18. The minimum absolute atomic E-state index is 0.243. The van der Waals surface area contributed by atoms with Crippen LogP contribution in [0.4, 0.5) is 0 Å². The molecule has 1 aliphatic carbocycles. The molecule has 2 atom stereocenters. The fourth-order valence-corrected chi connectivity index (χ4v) is 3.44. The van der Waals surface area contributed by atoms with E-state index in [-0.39, 0.29) is 5.78 Å². The molecule has 1 fully saturated rings. The van der Waals surface area contributed by atoms with Crippen LogP contribution < -0.4 is 0 Å². The predicted molar refractivity (Wildman–Crippen MR) is 87.1 cm³/mol. The number of carbonyl (C=O) groups excluding carboxylic acids is 1. The lowest BCUT2D eigenvalue weighted by atomic mass is 9.85. The second-order valence-electron chi connectivity index (χ2n) is 5.99. The molecule has 1 aliphatic rings. The van der Waals surface area contributed by atoms with Gasteiger partial charge in [-0.1, -0.05) is 47.8 Å². The first-order chi connectivity index (χ1) is 9.58. The van der Waals surface area contributed by atoms with Crippen molar-refractivity contribution < 1.29 is 4.79 Å². The van der Waals surface area contributed by atoms with Crippen LogP contribution in [0.25, 0.3) is 0 Å². The number of halogens is 1. The summed E-state index contributed by atoms with van der Waals surface area (Å²) in [6, 6.07) is 8.31. The molecule has 1 saturated carbocycles. The van der Waals surface area contributed by atoms with E-state index < -0.39 is 0 Å². The Bertz CT molecular complexity index is 443. The van der Waals surface area contributed by atoms with Gasteiger partial charge in [0, 0.05) is 29.0 Å². The van der Waals surface area contributed by atoms with Crippen LogP contribution in [0, 0.1) is 5.92 Å². The summed E-state index contributed by atoms with van der Waals surface area (Å²) < 4.78 is 1.02. The van der Waals surface area contributed by atoms with Crippen molar-refractivity contribution in [2.45, 2.75) is 45.1 Å². The van der Waals surface area contributed by atoms with Crippen LogP contribution in [0.5, 0.6) is 0 Å². The van der Waals surface area contributed by atoms with Crippen molar-refractivity contribution in [3.63, 3.8) is 0 Å². The first-order valence-electron chi connectivity index (χ1n) is 7.57. The molecule has 0 aliphatic heterocycles. The van der Waals surface area contributed by atoms with Crippen LogP contribution in [-0.2, 0) is 0 Å². The normalized spacial score (nSPS) is 23.0. The van der Waals surface area contributed by atoms with Gasteiger partial charge < -0.3 is 4.90 Å². The smallest absolute Gasteiger partial charge is 0.164 e. The van der Waals surface area contributed by atoms with Crippen molar-refractivity contribution in [1.82, 2.24) is 4.90 Å². The minimum Gasteiger partial charge on any atom is -0.303 e. The maximum absolute atomic E-state index is 12.2. The van der Waals surface area contributed by atoms with Gasteiger partial charge in [0.05, 0.1) is 0 Å². The van der Waals surface area contributed by atoms with E-state index >= 15 is 0 Å². The van der Waals surface area contributed by atoms with Crippen LogP contribution in [0.3, 0.4) is 0 Å². The Labute approximate surface area is 130 Å². The molecular weight excluding hydrogens is 314 g/mol. The second kappa shape index (κ2) is 7.37. The predicted octanol–water partition coefficient (Wildman–Crippen LogP) is 4.53. The number of hydrogen-bond donors (Lipinski definition) is 0. The molecule has 0 radical (unpaired) electrons. The Morgan fingerprint density at radius 3 is 2.55 bits per heavy atom. The summed E-state index contributed by atoms with van der Waals surface area (Å²) >= 11 is 3.40. The van der Waals surface area contributed by atoms with Crippen LogP contribution in [0.15, 0.2) is 28.7 Å². The van der Waals surface area contributed by atoms with Crippen LogP contribution in [-0.4, -0.2) is 30.3 Å². The number of carbonyl (C=O) groups is 1. The molecule has 2 nitrogen and oxygen atoms in total. The molecule has 2 unspecified atom stereocenters. The molecule has 0 spiro atoms. The van der Waals surface area contributed by atoms with Gasteiger partial charge in [0.25, 0.3) is 0 Å². The number of ketones is 1. The number of benzene rings is 1. The van der Waals surface area contributed by atoms with Crippen molar-refractivity contribution in [1.29, 1.82) is 0 Å². The van der Waals surface area contributed by atoms with Crippen LogP contribution in [0.2, 0.25) is 0 Å². The molecule has 0 saturated heterocycles. The monoisotopic (exact) mass is 337 g/mol. The molecule has 1 aromatic rings. The van der Waals surface area contributed by atoms with E-state index in [2.05, 4.69) is 34.8 Å². The average Bonchev–Trinajstić information content (AvgIpc) is 2.45. The van der Waals surface area contributed by atoms with Crippen LogP contribution in [0.1, 0.15) is 49.4 Å².